The summed E-state index contributed by atoms with van der Waals surface area (Å²) in [6.07, 6.45) is 3.05. The van der Waals surface area contributed by atoms with Crippen LogP contribution in [0.1, 0.15) is 32.8 Å². The van der Waals surface area contributed by atoms with Crippen LogP contribution < -0.4 is 11.3 Å². The van der Waals surface area contributed by atoms with Crippen molar-refractivity contribution in [2.45, 2.75) is 39.8 Å². The second kappa shape index (κ2) is 6.45. The summed E-state index contributed by atoms with van der Waals surface area (Å²) in [6.45, 7) is 8.67. The summed E-state index contributed by atoms with van der Waals surface area (Å²) in [5.74, 6) is 5.98. The Morgan fingerprint density at radius 1 is 1.44 bits per heavy atom. The molecular formula is C12H22N4. The minimum Gasteiger partial charge on any atom is -0.308 e. The number of hydrogen-bond acceptors (Lipinski definition) is 4. The number of nitrogens with two attached hydrogens (primary N) is 1. The molecule has 1 aromatic rings. The fourth-order valence-electron chi connectivity index (χ4n) is 1.68. The normalized spacial score (nSPS) is 12.8. The van der Waals surface area contributed by atoms with Gasteiger partial charge in [-0.05, 0) is 31.5 Å². The SMILES string of the molecule is CCC(C)N(CC)Cc1ccc(NN)nc1. The number of hydrazine groups is 1. The van der Waals surface area contributed by atoms with Crippen LogP contribution in [0.25, 0.3) is 0 Å². The van der Waals surface area contributed by atoms with E-state index in [1.54, 1.807) is 0 Å². The summed E-state index contributed by atoms with van der Waals surface area (Å²) >= 11 is 0. The van der Waals surface area contributed by atoms with Gasteiger partial charge in [-0.25, -0.2) is 10.8 Å². The lowest BCUT2D eigenvalue weighted by Crippen LogP contribution is -2.31. The van der Waals surface area contributed by atoms with Crippen LogP contribution in [0.15, 0.2) is 18.3 Å². The van der Waals surface area contributed by atoms with Gasteiger partial charge < -0.3 is 5.43 Å². The molecule has 16 heavy (non-hydrogen) atoms. The fraction of sp³-hybridized carbons (Fsp3) is 0.583. The van der Waals surface area contributed by atoms with Crippen molar-refractivity contribution in [1.82, 2.24) is 9.88 Å². The van der Waals surface area contributed by atoms with Crippen LogP contribution in [-0.4, -0.2) is 22.5 Å². The molecule has 0 aromatic carbocycles. The lowest BCUT2D eigenvalue weighted by molar-refractivity contribution is 0.206. The second-order valence-electron chi connectivity index (χ2n) is 4.02. The Morgan fingerprint density at radius 2 is 2.19 bits per heavy atom. The molecule has 1 atom stereocenters. The lowest BCUT2D eigenvalue weighted by atomic mass is 10.2. The topological polar surface area (TPSA) is 54.2 Å². The van der Waals surface area contributed by atoms with Crippen molar-refractivity contribution in [3.8, 4) is 0 Å². The molecule has 0 aliphatic heterocycles. The highest BCUT2D eigenvalue weighted by Gasteiger charge is 2.10. The van der Waals surface area contributed by atoms with Gasteiger partial charge in [0.05, 0.1) is 0 Å². The highest BCUT2D eigenvalue weighted by atomic mass is 15.2. The zero-order valence-corrected chi connectivity index (χ0v) is 10.4. The predicted octanol–water partition coefficient (Wildman–Crippen LogP) is 1.99. The molecule has 3 N–H and O–H groups in total. The molecular weight excluding hydrogens is 200 g/mol. The molecule has 0 aliphatic rings. The van der Waals surface area contributed by atoms with Gasteiger partial charge in [0.1, 0.15) is 5.82 Å². The van der Waals surface area contributed by atoms with Gasteiger partial charge in [0.15, 0.2) is 0 Å². The van der Waals surface area contributed by atoms with Crippen LogP contribution in [0.4, 0.5) is 5.82 Å². The minimum atomic E-state index is 0.609. The third-order valence-electron chi connectivity index (χ3n) is 2.98. The molecule has 4 heteroatoms. The van der Waals surface area contributed by atoms with E-state index in [0.29, 0.717) is 11.9 Å². The standard InChI is InChI=1S/C12H22N4/c1-4-10(3)16(5-2)9-11-6-7-12(15-13)14-8-11/h6-8,10H,4-5,9,13H2,1-3H3,(H,14,15). The zero-order valence-electron chi connectivity index (χ0n) is 10.4. The Balaban J connectivity index is 2.63. The van der Waals surface area contributed by atoms with Gasteiger partial charge in [-0.2, -0.15) is 0 Å². The van der Waals surface area contributed by atoms with E-state index >= 15 is 0 Å². The predicted molar refractivity (Wildman–Crippen MR) is 67.9 cm³/mol. The summed E-state index contributed by atoms with van der Waals surface area (Å²) in [7, 11) is 0. The first kappa shape index (κ1) is 12.9. The summed E-state index contributed by atoms with van der Waals surface area (Å²) in [6, 6.07) is 4.57. The van der Waals surface area contributed by atoms with E-state index in [0.717, 1.165) is 13.1 Å². The quantitative estimate of drug-likeness (QED) is 0.571. The van der Waals surface area contributed by atoms with Crippen LogP contribution in [-0.2, 0) is 6.54 Å². The van der Waals surface area contributed by atoms with Crippen LogP contribution >= 0.6 is 0 Å². The van der Waals surface area contributed by atoms with Gasteiger partial charge in [0.25, 0.3) is 0 Å². The number of pyridine rings is 1. The number of anilines is 1. The van der Waals surface area contributed by atoms with Crippen molar-refractivity contribution in [3.05, 3.63) is 23.9 Å². The first-order valence-corrected chi connectivity index (χ1v) is 5.86. The number of aromatic nitrogens is 1. The fourth-order valence-corrected chi connectivity index (χ4v) is 1.68. The summed E-state index contributed by atoms with van der Waals surface area (Å²) in [5, 5.41) is 0. The van der Waals surface area contributed by atoms with Gasteiger partial charge in [0.2, 0.25) is 0 Å². The Hall–Kier alpha value is -1.13. The van der Waals surface area contributed by atoms with Gasteiger partial charge >= 0.3 is 0 Å². The largest absolute Gasteiger partial charge is 0.308 e. The van der Waals surface area contributed by atoms with E-state index in [-0.39, 0.29) is 0 Å². The van der Waals surface area contributed by atoms with Gasteiger partial charge in [-0.3, -0.25) is 4.90 Å². The van der Waals surface area contributed by atoms with Crippen LogP contribution in [0.5, 0.6) is 0 Å². The van der Waals surface area contributed by atoms with E-state index in [1.807, 2.05) is 12.3 Å². The smallest absolute Gasteiger partial charge is 0.139 e. The Kier molecular flexibility index (Phi) is 5.22. The number of nitrogens with zero attached hydrogens (tertiary/aromatic N) is 2. The summed E-state index contributed by atoms with van der Waals surface area (Å²) in [5.41, 5.74) is 3.75. The third kappa shape index (κ3) is 3.47. The third-order valence-corrected chi connectivity index (χ3v) is 2.98. The first-order valence-electron chi connectivity index (χ1n) is 5.86. The molecule has 4 nitrogen and oxygen atoms in total. The molecule has 90 valence electrons. The van der Waals surface area contributed by atoms with Crippen LogP contribution in [0.2, 0.25) is 0 Å². The molecule has 0 saturated carbocycles. The lowest BCUT2D eigenvalue weighted by Gasteiger charge is -2.26. The van der Waals surface area contributed by atoms with E-state index in [1.165, 1.54) is 12.0 Å². The summed E-state index contributed by atoms with van der Waals surface area (Å²) < 4.78 is 0. The molecule has 0 spiro atoms. The van der Waals surface area contributed by atoms with Crippen molar-refractivity contribution in [2.75, 3.05) is 12.0 Å². The van der Waals surface area contributed by atoms with E-state index in [4.69, 9.17) is 5.84 Å². The summed E-state index contributed by atoms with van der Waals surface area (Å²) in [4.78, 5) is 6.64. The van der Waals surface area contributed by atoms with Crippen molar-refractivity contribution in [2.24, 2.45) is 5.84 Å². The molecule has 0 radical (unpaired) electrons. The molecule has 0 aliphatic carbocycles. The Morgan fingerprint density at radius 3 is 2.62 bits per heavy atom. The highest BCUT2D eigenvalue weighted by molar-refractivity contribution is 5.33. The number of nitrogen functional groups attached to an aromatic ring is 1. The monoisotopic (exact) mass is 222 g/mol. The molecule has 1 unspecified atom stereocenters. The maximum atomic E-state index is 5.27. The zero-order chi connectivity index (χ0) is 12.0. The number of hydrogen-bond donors (Lipinski definition) is 2. The molecule has 0 saturated heterocycles. The molecule has 1 aromatic heterocycles. The first-order chi connectivity index (χ1) is 7.71. The maximum absolute atomic E-state index is 5.27. The molecule has 1 rings (SSSR count). The van der Waals surface area contributed by atoms with E-state index in [9.17, 15) is 0 Å². The Bertz CT molecular complexity index is 296. The maximum Gasteiger partial charge on any atom is 0.139 e. The average molecular weight is 222 g/mol. The van der Waals surface area contributed by atoms with Crippen molar-refractivity contribution < 1.29 is 0 Å². The Labute approximate surface area is 97.8 Å². The van der Waals surface area contributed by atoms with Crippen LogP contribution in [0.3, 0.4) is 0 Å². The minimum absolute atomic E-state index is 0.609. The van der Waals surface area contributed by atoms with E-state index in [2.05, 4.69) is 42.1 Å². The number of rotatable bonds is 6. The molecule has 0 bridgehead atoms. The highest BCUT2D eigenvalue weighted by Crippen LogP contribution is 2.11. The van der Waals surface area contributed by atoms with Gasteiger partial charge in [-0.15, -0.1) is 0 Å². The van der Waals surface area contributed by atoms with Gasteiger partial charge in [-0.1, -0.05) is 19.9 Å². The molecule has 1 heterocycles. The van der Waals surface area contributed by atoms with Crippen molar-refractivity contribution in [1.29, 1.82) is 0 Å². The number of nitrogens with one attached hydrogen (secondary N) is 1. The van der Waals surface area contributed by atoms with E-state index < -0.39 is 0 Å². The molecule has 0 fully saturated rings. The van der Waals surface area contributed by atoms with Crippen molar-refractivity contribution >= 4 is 5.82 Å². The van der Waals surface area contributed by atoms with Gasteiger partial charge in [0, 0.05) is 18.8 Å². The van der Waals surface area contributed by atoms with Crippen LogP contribution in [0, 0.1) is 0 Å². The van der Waals surface area contributed by atoms with Crippen molar-refractivity contribution in [3.63, 3.8) is 0 Å². The second-order valence-corrected chi connectivity index (χ2v) is 4.02. The average Bonchev–Trinajstić information content (AvgIpc) is 2.35. The molecule has 0 amide bonds.